The first-order valence-corrected chi connectivity index (χ1v) is 6.41. The van der Waals surface area contributed by atoms with Gasteiger partial charge in [-0.1, -0.05) is 11.6 Å². The molecular weight excluding hydrogens is 281 g/mol. The lowest BCUT2D eigenvalue weighted by molar-refractivity contribution is -0.137. The molecule has 1 aromatic heterocycles. The molecule has 1 aliphatic heterocycles. The Morgan fingerprint density at radius 1 is 1.47 bits per heavy atom. The largest absolute Gasteiger partial charge is 0.477 e. The Kier molecular flexibility index (Phi) is 4.52. The maximum absolute atomic E-state index is 12.4. The van der Waals surface area contributed by atoms with Crippen LogP contribution in [0.4, 0.5) is 13.2 Å². The van der Waals surface area contributed by atoms with Crippen molar-refractivity contribution in [2.45, 2.75) is 19.0 Å². The van der Waals surface area contributed by atoms with Gasteiger partial charge < -0.3 is 10.1 Å². The van der Waals surface area contributed by atoms with Gasteiger partial charge in [-0.3, -0.25) is 0 Å². The molecule has 0 spiro atoms. The SMILES string of the molecule is FC(F)(F)c1cnc(OCCC2CCNC2)c(Cl)c1. The first-order chi connectivity index (χ1) is 8.97. The fourth-order valence-corrected chi connectivity index (χ4v) is 2.19. The van der Waals surface area contributed by atoms with Gasteiger partial charge >= 0.3 is 6.18 Å². The number of nitrogens with one attached hydrogen (secondary N) is 1. The zero-order valence-electron chi connectivity index (χ0n) is 10.1. The summed E-state index contributed by atoms with van der Waals surface area (Å²) in [5.41, 5.74) is -0.871. The maximum Gasteiger partial charge on any atom is 0.417 e. The van der Waals surface area contributed by atoms with Crippen molar-refractivity contribution in [3.8, 4) is 5.88 Å². The van der Waals surface area contributed by atoms with Crippen LogP contribution in [-0.2, 0) is 6.18 Å². The highest BCUT2D eigenvalue weighted by molar-refractivity contribution is 6.31. The van der Waals surface area contributed by atoms with E-state index in [0.29, 0.717) is 12.5 Å². The molecule has 2 rings (SSSR count). The van der Waals surface area contributed by atoms with Gasteiger partial charge in [0.15, 0.2) is 0 Å². The molecule has 0 aromatic carbocycles. The highest BCUT2D eigenvalue weighted by Gasteiger charge is 2.31. The van der Waals surface area contributed by atoms with Gasteiger partial charge in [0.1, 0.15) is 5.02 Å². The molecule has 106 valence electrons. The molecule has 1 fully saturated rings. The second-order valence-electron chi connectivity index (χ2n) is 4.50. The Labute approximate surface area is 114 Å². The number of hydrogen-bond acceptors (Lipinski definition) is 3. The van der Waals surface area contributed by atoms with E-state index in [2.05, 4.69) is 10.3 Å². The summed E-state index contributed by atoms with van der Waals surface area (Å²) in [6.07, 6.45) is -1.77. The Balaban J connectivity index is 1.90. The Hall–Kier alpha value is -1.01. The highest BCUT2D eigenvalue weighted by Crippen LogP contribution is 2.33. The summed E-state index contributed by atoms with van der Waals surface area (Å²) in [6, 6.07) is 0.834. The molecule has 3 nitrogen and oxygen atoms in total. The summed E-state index contributed by atoms with van der Waals surface area (Å²) in [6.45, 7) is 2.37. The van der Waals surface area contributed by atoms with E-state index in [1.165, 1.54) is 0 Å². The fourth-order valence-electron chi connectivity index (χ4n) is 1.97. The third kappa shape index (κ3) is 3.98. The Morgan fingerprint density at radius 3 is 2.84 bits per heavy atom. The number of ether oxygens (including phenoxy) is 1. The van der Waals surface area contributed by atoms with Crippen LogP contribution >= 0.6 is 11.6 Å². The molecule has 1 unspecified atom stereocenters. The third-order valence-electron chi connectivity index (χ3n) is 3.06. The van der Waals surface area contributed by atoms with E-state index in [1.807, 2.05) is 0 Å². The minimum Gasteiger partial charge on any atom is -0.477 e. The quantitative estimate of drug-likeness (QED) is 0.926. The van der Waals surface area contributed by atoms with Crippen molar-refractivity contribution >= 4 is 11.6 Å². The van der Waals surface area contributed by atoms with Crippen molar-refractivity contribution in [2.75, 3.05) is 19.7 Å². The number of nitrogens with zero attached hydrogens (tertiary/aromatic N) is 1. The molecular formula is C12H14ClF3N2O. The van der Waals surface area contributed by atoms with Crippen molar-refractivity contribution in [3.05, 3.63) is 22.8 Å². The first-order valence-electron chi connectivity index (χ1n) is 6.03. The van der Waals surface area contributed by atoms with Crippen LogP contribution in [0.2, 0.25) is 5.02 Å². The molecule has 0 bridgehead atoms. The molecule has 1 aliphatic rings. The Morgan fingerprint density at radius 2 is 2.26 bits per heavy atom. The van der Waals surface area contributed by atoms with Crippen molar-refractivity contribution in [1.29, 1.82) is 0 Å². The van der Waals surface area contributed by atoms with Gasteiger partial charge in [-0.05, 0) is 37.9 Å². The highest BCUT2D eigenvalue weighted by atomic mass is 35.5. The lowest BCUT2D eigenvalue weighted by Crippen LogP contribution is -2.12. The van der Waals surface area contributed by atoms with E-state index in [-0.39, 0.29) is 10.9 Å². The molecule has 19 heavy (non-hydrogen) atoms. The van der Waals surface area contributed by atoms with Gasteiger partial charge in [0.25, 0.3) is 0 Å². The van der Waals surface area contributed by atoms with Crippen LogP contribution in [0.15, 0.2) is 12.3 Å². The average molecular weight is 295 g/mol. The van der Waals surface area contributed by atoms with Crippen LogP contribution in [-0.4, -0.2) is 24.7 Å². The van der Waals surface area contributed by atoms with Gasteiger partial charge in [-0.25, -0.2) is 4.98 Å². The van der Waals surface area contributed by atoms with Gasteiger partial charge in [-0.15, -0.1) is 0 Å². The molecule has 7 heteroatoms. The van der Waals surface area contributed by atoms with Gasteiger partial charge in [-0.2, -0.15) is 13.2 Å². The summed E-state index contributed by atoms with van der Waals surface area (Å²) < 4.78 is 42.6. The van der Waals surface area contributed by atoms with Crippen LogP contribution in [0.3, 0.4) is 0 Å². The molecule has 0 amide bonds. The van der Waals surface area contributed by atoms with Crippen LogP contribution in [0.25, 0.3) is 0 Å². The minimum absolute atomic E-state index is 0.0561. The summed E-state index contributed by atoms with van der Waals surface area (Å²) in [7, 11) is 0. The maximum atomic E-state index is 12.4. The topological polar surface area (TPSA) is 34.1 Å². The molecule has 0 saturated carbocycles. The number of halogens is 4. The summed E-state index contributed by atoms with van der Waals surface area (Å²) in [4.78, 5) is 3.62. The average Bonchev–Trinajstić information content (AvgIpc) is 2.83. The van der Waals surface area contributed by atoms with E-state index in [9.17, 15) is 13.2 Å². The van der Waals surface area contributed by atoms with E-state index in [1.54, 1.807) is 0 Å². The number of aromatic nitrogens is 1. The monoisotopic (exact) mass is 294 g/mol. The smallest absolute Gasteiger partial charge is 0.417 e. The van der Waals surface area contributed by atoms with E-state index >= 15 is 0 Å². The molecule has 1 aromatic rings. The van der Waals surface area contributed by atoms with E-state index in [4.69, 9.17) is 16.3 Å². The van der Waals surface area contributed by atoms with Crippen molar-refractivity contribution < 1.29 is 17.9 Å². The van der Waals surface area contributed by atoms with Crippen molar-refractivity contribution in [1.82, 2.24) is 10.3 Å². The minimum atomic E-state index is -4.44. The zero-order valence-corrected chi connectivity index (χ0v) is 10.9. The van der Waals surface area contributed by atoms with Crippen molar-refractivity contribution in [3.63, 3.8) is 0 Å². The van der Waals surface area contributed by atoms with Gasteiger partial charge in [0.2, 0.25) is 5.88 Å². The van der Waals surface area contributed by atoms with Crippen LogP contribution in [0, 0.1) is 5.92 Å². The number of alkyl halides is 3. The molecule has 1 N–H and O–H groups in total. The first kappa shape index (κ1) is 14.4. The van der Waals surface area contributed by atoms with Gasteiger partial charge in [0.05, 0.1) is 12.2 Å². The molecule has 0 radical (unpaired) electrons. The van der Waals surface area contributed by atoms with E-state index in [0.717, 1.165) is 38.2 Å². The third-order valence-corrected chi connectivity index (χ3v) is 3.33. The van der Waals surface area contributed by atoms with E-state index < -0.39 is 11.7 Å². The second kappa shape index (κ2) is 5.96. The normalized spacial score (nSPS) is 19.7. The second-order valence-corrected chi connectivity index (χ2v) is 4.91. The molecule has 1 atom stereocenters. The lowest BCUT2D eigenvalue weighted by atomic mass is 10.1. The van der Waals surface area contributed by atoms with Crippen LogP contribution in [0.1, 0.15) is 18.4 Å². The van der Waals surface area contributed by atoms with Crippen molar-refractivity contribution in [2.24, 2.45) is 5.92 Å². The summed E-state index contributed by atoms with van der Waals surface area (Å²) in [5.74, 6) is 0.605. The number of pyridine rings is 1. The number of hydrogen-bond donors (Lipinski definition) is 1. The lowest BCUT2D eigenvalue weighted by Gasteiger charge is -2.12. The predicted molar refractivity (Wildman–Crippen MR) is 65.3 cm³/mol. The predicted octanol–water partition coefficient (Wildman–Crippen LogP) is 3.13. The zero-order chi connectivity index (χ0) is 13.9. The molecule has 0 aliphatic carbocycles. The van der Waals surface area contributed by atoms with Gasteiger partial charge in [0, 0.05) is 6.20 Å². The van der Waals surface area contributed by atoms with Crippen LogP contribution < -0.4 is 10.1 Å². The van der Waals surface area contributed by atoms with Crippen LogP contribution in [0.5, 0.6) is 5.88 Å². The molecule has 2 heterocycles. The fraction of sp³-hybridized carbons (Fsp3) is 0.583. The summed E-state index contributed by atoms with van der Waals surface area (Å²) >= 11 is 5.73. The number of rotatable bonds is 4. The Bertz CT molecular complexity index is 433. The standard InChI is InChI=1S/C12H14ClF3N2O/c13-10-5-9(12(14,15)16)7-18-11(10)19-4-2-8-1-3-17-6-8/h5,7-8,17H,1-4,6H2. The summed E-state index contributed by atoms with van der Waals surface area (Å²) in [5, 5.41) is 3.12. The molecule has 1 saturated heterocycles.